The highest BCUT2D eigenvalue weighted by atomic mass is 31.2. The van der Waals surface area contributed by atoms with Gasteiger partial charge in [0.2, 0.25) is 0 Å². The first kappa shape index (κ1) is 19.1. The monoisotopic (exact) mass is 292 g/mol. The molecule has 0 saturated heterocycles. The summed E-state index contributed by atoms with van der Waals surface area (Å²) in [5, 5.41) is 0. The Labute approximate surface area is 119 Å². The first-order valence-corrected chi connectivity index (χ1v) is 9.67. The van der Waals surface area contributed by atoms with Crippen LogP contribution in [-0.4, -0.2) is 17.2 Å². The number of unbranched alkanes of at least 4 members (excludes halogenated alkanes) is 4. The highest BCUT2D eigenvalue weighted by Crippen LogP contribution is 2.45. The van der Waals surface area contributed by atoms with Crippen molar-refractivity contribution >= 4 is 7.60 Å². The molecular formula is C15H33O3P. The lowest BCUT2D eigenvalue weighted by Gasteiger charge is -2.23. The van der Waals surface area contributed by atoms with Gasteiger partial charge in [0, 0.05) is 6.16 Å². The van der Waals surface area contributed by atoms with Crippen LogP contribution in [0.5, 0.6) is 0 Å². The van der Waals surface area contributed by atoms with E-state index in [4.69, 9.17) is 4.52 Å². The Bertz CT molecular complexity index is 254. The second-order valence-corrected chi connectivity index (χ2v) is 7.85. The van der Waals surface area contributed by atoms with Gasteiger partial charge < -0.3 is 9.42 Å². The van der Waals surface area contributed by atoms with Gasteiger partial charge in [0.25, 0.3) is 0 Å². The van der Waals surface area contributed by atoms with Crippen LogP contribution in [0.2, 0.25) is 0 Å². The van der Waals surface area contributed by atoms with Crippen molar-refractivity contribution in [2.45, 2.75) is 85.2 Å². The summed E-state index contributed by atoms with van der Waals surface area (Å²) >= 11 is 0. The van der Waals surface area contributed by atoms with Crippen molar-refractivity contribution < 1.29 is 14.0 Å². The molecule has 0 aliphatic carbocycles. The van der Waals surface area contributed by atoms with Crippen molar-refractivity contribution in [2.75, 3.05) is 6.16 Å². The van der Waals surface area contributed by atoms with Gasteiger partial charge in [-0.3, -0.25) is 4.57 Å². The lowest BCUT2D eigenvalue weighted by molar-refractivity contribution is 0.140. The average Bonchev–Trinajstić information content (AvgIpc) is 2.28. The molecule has 0 spiro atoms. The van der Waals surface area contributed by atoms with Crippen LogP contribution in [-0.2, 0) is 9.09 Å². The molecule has 2 unspecified atom stereocenters. The lowest BCUT2D eigenvalue weighted by atomic mass is 10.0. The first-order valence-electron chi connectivity index (χ1n) is 7.91. The second-order valence-electron chi connectivity index (χ2n) is 5.92. The minimum atomic E-state index is -3.38. The molecule has 0 rings (SSSR count). The Morgan fingerprint density at radius 2 is 1.63 bits per heavy atom. The quantitative estimate of drug-likeness (QED) is 0.388. The molecule has 0 bridgehead atoms. The molecule has 0 fully saturated rings. The van der Waals surface area contributed by atoms with Gasteiger partial charge in [0.1, 0.15) is 0 Å². The van der Waals surface area contributed by atoms with Gasteiger partial charge in [-0.05, 0) is 25.2 Å². The standard InChI is InChI=1S/C15H33O3P/c1-5-7-9-11-15(13-14(3)4)18-19(16,17)12-10-8-6-2/h14-15H,5-13H2,1-4H3,(H,16,17). The topological polar surface area (TPSA) is 46.5 Å². The molecule has 3 nitrogen and oxygen atoms in total. The molecule has 0 aromatic rings. The van der Waals surface area contributed by atoms with Gasteiger partial charge in [0.15, 0.2) is 0 Å². The SMILES string of the molecule is CCCCCC(CC(C)C)OP(=O)(O)CCCCC. The Morgan fingerprint density at radius 1 is 1.05 bits per heavy atom. The Kier molecular flexibility index (Phi) is 11.0. The van der Waals surface area contributed by atoms with Crippen molar-refractivity contribution in [2.24, 2.45) is 5.92 Å². The summed E-state index contributed by atoms with van der Waals surface area (Å²) in [6, 6.07) is 0. The minimum Gasteiger partial charge on any atom is -0.324 e. The van der Waals surface area contributed by atoms with Gasteiger partial charge in [-0.25, -0.2) is 0 Å². The molecule has 0 aromatic heterocycles. The average molecular weight is 292 g/mol. The van der Waals surface area contributed by atoms with Crippen molar-refractivity contribution in [3.63, 3.8) is 0 Å². The highest BCUT2D eigenvalue weighted by molar-refractivity contribution is 7.52. The van der Waals surface area contributed by atoms with Crippen molar-refractivity contribution in [3.05, 3.63) is 0 Å². The maximum Gasteiger partial charge on any atom is 0.328 e. The normalized spacial score (nSPS) is 16.5. The van der Waals surface area contributed by atoms with Crippen LogP contribution in [0.25, 0.3) is 0 Å². The third-order valence-corrected chi connectivity index (χ3v) is 4.73. The largest absolute Gasteiger partial charge is 0.328 e. The fourth-order valence-corrected chi connectivity index (χ4v) is 3.59. The number of hydrogen-bond acceptors (Lipinski definition) is 2. The van der Waals surface area contributed by atoms with E-state index in [1.165, 1.54) is 12.8 Å². The van der Waals surface area contributed by atoms with Crippen LogP contribution >= 0.6 is 7.60 Å². The molecule has 4 heteroatoms. The zero-order chi connectivity index (χ0) is 14.7. The van der Waals surface area contributed by atoms with Crippen LogP contribution in [0.3, 0.4) is 0 Å². The molecule has 116 valence electrons. The molecule has 0 saturated carbocycles. The van der Waals surface area contributed by atoms with E-state index in [1.807, 2.05) is 0 Å². The molecule has 1 N–H and O–H groups in total. The summed E-state index contributed by atoms with van der Waals surface area (Å²) < 4.78 is 17.6. The van der Waals surface area contributed by atoms with Crippen molar-refractivity contribution in [1.29, 1.82) is 0 Å². The molecule has 2 atom stereocenters. The van der Waals surface area contributed by atoms with Gasteiger partial charge in [0.05, 0.1) is 6.10 Å². The Balaban J connectivity index is 4.22. The maximum absolute atomic E-state index is 12.0. The summed E-state index contributed by atoms with van der Waals surface area (Å²) in [6.45, 7) is 8.53. The van der Waals surface area contributed by atoms with E-state index in [2.05, 4.69) is 27.7 Å². The summed E-state index contributed by atoms with van der Waals surface area (Å²) in [5.41, 5.74) is 0. The lowest BCUT2D eigenvalue weighted by Crippen LogP contribution is -2.15. The van der Waals surface area contributed by atoms with E-state index in [-0.39, 0.29) is 6.10 Å². The third kappa shape index (κ3) is 11.7. The van der Waals surface area contributed by atoms with Gasteiger partial charge in [-0.1, -0.05) is 59.8 Å². The van der Waals surface area contributed by atoms with Crippen LogP contribution < -0.4 is 0 Å². The molecule has 0 aliphatic rings. The molecule has 19 heavy (non-hydrogen) atoms. The van der Waals surface area contributed by atoms with Crippen LogP contribution in [0.4, 0.5) is 0 Å². The molecule has 0 heterocycles. The zero-order valence-corrected chi connectivity index (χ0v) is 14.1. The van der Waals surface area contributed by atoms with Gasteiger partial charge >= 0.3 is 7.60 Å². The summed E-state index contributed by atoms with van der Waals surface area (Å²) in [5.74, 6) is 0.502. The van der Waals surface area contributed by atoms with Crippen molar-refractivity contribution in [3.8, 4) is 0 Å². The van der Waals surface area contributed by atoms with Gasteiger partial charge in [-0.15, -0.1) is 0 Å². The van der Waals surface area contributed by atoms with E-state index in [9.17, 15) is 9.46 Å². The summed E-state index contributed by atoms with van der Waals surface area (Å²) in [7, 11) is -3.38. The smallest absolute Gasteiger partial charge is 0.324 e. The van der Waals surface area contributed by atoms with E-state index in [1.54, 1.807) is 0 Å². The number of rotatable bonds is 12. The predicted molar refractivity (Wildman–Crippen MR) is 82.7 cm³/mol. The predicted octanol–water partition coefficient (Wildman–Crippen LogP) is 5.37. The zero-order valence-electron chi connectivity index (χ0n) is 13.2. The van der Waals surface area contributed by atoms with E-state index in [0.717, 1.165) is 38.5 Å². The highest BCUT2D eigenvalue weighted by Gasteiger charge is 2.24. The molecule has 0 aromatic carbocycles. The van der Waals surface area contributed by atoms with Crippen molar-refractivity contribution in [1.82, 2.24) is 0 Å². The van der Waals surface area contributed by atoms with E-state index in [0.29, 0.717) is 12.1 Å². The molecular weight excluding hydrogens is 259 g/mol. The fourth-order valence-electron chi connectivity index (χ4n) is 2.21. The Morgan fingerprint density at radius 3 is 2.16 bits per heavy atom. The Hall–Kier alpha value is 0.150. The third-order valence-electron chi connectivity index (χ3n) is 3.22. The van der Waals surface area contributed by atoms with Crippen LogP contribution in [0, 0.1) is 5.92 Å². The number of hydrogen-bond donors (Lipinski definition) is 1. The molecule has 0 amide bonds. The fraction of sp³-hybridized carbons (Fsp3) is 1.00. The van der Waals surface area contributed by atoms with Gasteiger partial charge in [-0.2, -0.15) is 0 Å². The first-order chi connectivity index (χ1) is 8.91. The second kappa shape index (κ2) is 10.9. The summed E-state index contributed by atoms with van der Waals surface area (Å²) in [4.78, 5) is 9.91. The molecule has 0 aliphatic heterocycles. The van der Waals surface area contributed by atoms with Crippen LogP contribution in [0.15, 0.2) is 0 Å². The van der Waals surface area contributed by atoms with E-state index < -0.39 is 7.60 Å². The van der Waals surface area contributed by atoms with Crippen LogP contribution in [0.1, 0.15) is 79.1 Å². The maximum atomic E-state index is 12.0. The summed E-state index contributed by atoms with van der Waals surface area (Å²) in [6.07, 6.45) is 8.31. The minimum absolute atomic E-state index is 0.0518. The molecule has 0 radical (unpaired) electrons. The van der Waals surface area contributed by atoms with E-state index >= 15 is 0 Å².